The van der Waals surface area contributed by atoms with Crippen molar-refractivity contribution in [3.8, 4) is 0 Å². The van der Waals surface area contributed by atoms with Crippen LogP contribution in [0.3, 0.4) is 0 Å². The third kappa shape index (κ3) is 8.10. The van der Waals surface area contributed by atoms with Gasteiger partial charge in [0.05, 0.1) is 21.2 Å². The summed E-state index contributed by atoms with van der Waals surface area (Å²) in [4.78, 5) is 28.3. The van der Waals surface area contributed by atoms with Gasteiger partial charge in [-0.25, -0.2) is 8.42 Å². The Labute approximate surface area is 262 Å². The number of rotatable bonds is 10. The Morgan fingerprint density at radius 3 is 2.33 bits per heavy atom. The van der Waals surface area contributed by atoms with Crippen molar-refractivity contribution in [1.82, 2.24) is 10.2 Å². The summed E-state index contributed by atoms with van der Waals surface area (Å²) < 4.78 is 70.3. The van der Waals surface area contributed by atoms with Crippen molar-refractivity contribution in [3.05, 3.63) is 93.4 Å². The molecule has 0 aromatic heterocycles. The first-order chi connectivity index (χ1) is 20.3. The van der Waals surface area contributed by atoms with Gasteiger partial charge in [0.1, 0.15) is 12.6 Å². The van der Waals surface area contributed by atoms with Gasteiger partial charge in [-0.2, -0.15) is 13.2 Å². The number of alkyl halides is 3. The van der Waals surface area contributed by atoms with E-state index in [1.807, 2.05) is 0 Å². The van der Waals surface area contributed by atoms with Gasteiger partial charge in [0, 0.05) is 17.1 Å². The molecule has 1 aliphatic rings. The molecule has 0 bridgehead atoms. The van der Waals surface area contributed by atoms with Gasteiger partial charge in [-0.1, -0.05) is 70.7 Å². The maximum absolute atomic E-state index is 14.0. The molecule has 0 heterocycles. The molecule has 7 nitrogen and oxygen atoms in total. The summed E-state index contributed by atoms with van der Waals surface area (Å²) in [7, 11) is -4.53. The second kappa shape index (κ2) is 13.7. The zero-order valence-corrected chi connectivity index (χ0v) is 26.3. The van der Waals surface area contributed by atoms with E-state index in [9.17, 15) is 31.2 Å². The third-order valence-electron chi connectivity index (χ3n) is 7.26. The summed E-state index contributed by atoms with van der Waals surface area (Å²) in [6.07, 6.45) is -1.28. The van der Waals surface area contributed by atoms with Crippen LogP contribution in [0.15, 0.2) is 82.2 Å². The van der Waals surface area contributed by atoms with Crippen molar-refractivity contribution in [2.24, 2.45) is 0 Å². The smallest absolute Gasteiger partial charge is 0.352 e. The average Bonchev–Trinajstić information content (AvgIpc) is 3.47. The summed E-state index contributed by atoms with van der Waals surface area (Å²) in [6, 6.07) is 15.7. The van der Waals surface area contributed by atoms with Gasteiger partial charge >= 0.3 is 6.18 Å². The third-order valence-corrected chi connectivity index (χ3v) is 9.88. The first-order valence-corrected chi connectivity index (χ1v) is 16.2. The molecule has 0 saturated heterocycles. The van der Waals surface area contributed by atoms with Gasteiger partial charge in [0.2, 0.25) is 11.8 Å². The van der Waals surface area contributed by atoms with Crippen molar-refractivity contribution >= 4 is 55.1 Å². The van der Waals surface area contributed by atoms with E-state index in [0.717, 1.165) is 42.3 Å². The number of sulfonamides is 1. The molecular weight excluding hydrogens is 671 g/mol. The molecule has 1 saturated carbocycles. The highest BCUT2D eigenvalue weighted by Gasteiger charge is 2.37. The number of nitrogens with zero attached hydrogens (tertiary/aromatic N) is 2. The number of carbonyl (C=O) groups is 2. The standard InChI is InChI=1S/C30H30BrClF3N3O4S/c1-20(29(40)36-23-10-5-6-11-23)37(18-21-8-7-9-22(31)16-21)28(39)19-38(43(41,42)25-12-3-2-4-13-25)24-14-15-27(32)26(17-24)30(33,34)35/h2-4,7-9,12-17,20,23H,5-6,10-11,18-19H2,1H3,(H,36,40)/t20-/m1/s1. The summed E-state index contributed by atoms with van der Waals surface area (Å²) in [5.74, 6) is -1.18. The summed E-state index contributed by atoms with van der Waals surface area (Å²) in [6.45, 7) is 0.622. The Hall–Kier alpha value is -3.09. The molecule has 1 aliphatic carbocycles. The van der Waals surface area contributed by atoms with Crippen LogP contribution in [0.25, 0.3) is 0 Å². The van der Waals surface area contributed by atoms with E-state index in [4.69, 9.17) is 11.6 Å². The number of nitrogens with one attached hydrogen (secondary N) is 1. The Kier molecular flexibility index (Phi) is 10.4. The summed E-state index contributed by atoms with van der Waals surface area (Å²) in [5.41, 5.74) is -0.992. The average molecular weight is 701 g/mol. The molecule has 2 amide bonds. The van der Waals surface area contributed by atoms with E-state index in [1.165, 1.54) is 29.2 Å². The topological polar surface area (TPSA) is 86.8 Å². The van der Waals surface area contributed by atoms with E-state index in [2.05, 4.69) is 21.2 Å². The molecule has 1 fully saturated rings. The Balaban J connectivity index is 1.75. The van der Waals surface area contributed by atoms with Crippen LogP contribution in [-0.2, 0) is 32.3 Å². The minimum atomic E-state index is -4.88. The Bertz CT molecular complexity index is 1570. The second-order valence-electron chi connectivity index (χ2n) is 10.3. The minimum absolute atomic E-state index is 0.0254. The highest BCUT2D eigenvalue weighted by Crippen LogP contribution is 2.38. The normalized spacial score (nSPS) is 14.7. The van der Waals surface area contributed by atoms with Crippen LogP contribution < -0.4 is 9.62 Å². The first kappa shape index (κ1) is 32.8. The molecule has 1 atom stereocenters. The van der Waals surface area contributed by atoms with Crippen LogP contribution in [0, 0.1) is 0 Å². The summed E-state index contributed by atoms with van der Waals surface area (Å²) in [5, 5.41) is 2.35. The molecule has 0 aliphatic heterocycles. The largest absolute Gasteiger partial charge is 0.417 e. The lowest BCUT2D eigenvalue weighted by Crippen LogP contribution is -2.52. The van der Waals surface area contributed by atoms with Crippen molar-refractivity contribution < 1.29 is 31.2 Å². The molecule has 0 spiro atoms. The van der Waals surface area contributed by atoms with Crippen LogP contribution in [0.4, 0.5) is 18.9 Å². The predicted molar refractivity (Wildman–Crippen MR) is 162 cm³/mol. The van der Waals surface area contributed by atoms with Crippen LogP contribution in [0.2, 0.25) is 5.02 Å². The molecular formula is C30H30BrClF3N3O4S. The molecule has 0 radical (unpaired) electrons. The first-order valence-electron chi connectivity index (χ1n) is 13.6. The SMILES string of the molecule is C[C@H](C(=O)NC1CCCC1)N(Cc1cccc(Br)c1)C(=O)CN(c1ccc(Cl)c(C(F)(F)F)c1)S(=O)(=O)c1ccccc1. The van der Waals surface area contributed by atoms with Crippen molar-refractivity contribution in [3.63, 3.8) is 0 Å². The number of hydrogen-bond donors (Lipinski definition) is 1. The molecule has 3 aromatic rings. The van der Waals surface area contributed by atoms with Crippen molar-refractivity contribution in [2.75, 3.05) is 10.8 Å². The van der Waals surface area contributed by atoms with Gasteiger partial charge in [0.25, 0.3) is 10.0 Å². The number of benzene rings is 3. The molecule has 1 N–H and O–H groups in total. The van der Waals surface area contributed by atoms with Crippen molar-refractivity contribution in [1.29, 1.82) is 0 Å². The van der Waals surface area contributed by atoms with Crippen molar-refractivity contribution in [2.45, 2.75) is 62.3 Å². The number of carbonyl (C=O) groups excluding carboxylic acids is 2. The molecule has 230 valence electrons. The zero-order valence-electron chi connectivity index (χ0n) is 23.2. The molecule has 0 unspecified atom stereocenters. The number of anilines is 1. The zero-order chi connectivity index (χ0) is 31.4. The molecule has 4 rings (SSSR count). The maximum Gasteiger partial charge on any atom is 0.417 e. The van der Waals surface area contributed by atoms with Crippen LogP contribution in [-0.4, -0.2) is 43.8 Å². The van der Waals surface area contributed by atoms with Gasteiger partial charge in [-0.05, 0) is 67.8 Å². The highest BCUT2D eigenvalue weighted by atomic mass is 79.9. The van der Waals surface area contributed by atoms with E-state index in [0.29, 0.717) is 15.9 Å². The van der Waals surface area contributed by atoms with E-state index < -0.39 is 56.9 Å². The highest BCUT2D eigenvalue weighted by molar-refractivity contribution is 9.10. The van der Waals surface area contributed by atoms with Gasteiger partial charge in [-0.3, -0.25) is 13.9 Å². The summed E-state index contributed by atoms with van der Waals surface area (Å²) >= 11 is 9.20. The van der Waals surface area contributed by atoms with E-state index in [-0.39, 0.29) is 17.5 Å². The lowest BCUT2D eigenvalue weighted by molar-refractivity contribution is -0.139. The quantitative estimate of drug-likeness (QED) is 0.252. The fourth-order valence-corrected chi connectivity index (χ4v) is 7.04. The fourth-order valence-electron chi connectivity index (χ4n) is 4.94. The number of hydrogen-bond acceptors (Lipinski definition) is 4. The number of halogens is 5. The molecule has 43 heavy (non-hydrogen) atoms. The Morgan fingerprint density at radius 1 is 1.02 bits per heavy atom. The van der Waals surface area contributed by atoms with Crippen LogP contribution in [0.5, 0.6) is 0 Å². The second-order valence-corrected chi connectivity index (χ2v) is 13.5. The lowest BCUT2D eigenvalue weighted by atomic mass is 10.1. The van der Waals surface area contributed by atoms with Gasteiger partial charge in [0.15, 0.2) is 0 Å². The Morgan fingerprint density at radius 2 is 1.70 bits per heavy atom. The van der Waals surface area contributed by atoms with Crippen LogP contribution in [0.1, 0.15) is 43.7 Å². The maximum atomic E-state index is 14.0. The molecule has 3 aromatic carbocycles. The van der Waals surface area contributed by atoms with Gasteiger partial charge < -0.3 is 10.2 Å². The fraction of sp³-hybridized carbons (Fsp3) is 0.333. The van der Waals surface area contributed by atoms with Crippen LogP contribution >= 0.6 is 27.5 Å². The predicted octanol–water partition coefficient (Wildman–Crippen LogP) is 6.79. The van der Waals surface area contributed by atoms with E-state index >= 15 is 0 Å². The molecule has 13 heteroatoms. The van der Waals surface area contributed by atoms with Gasteiger partial charge in [-0.15, -0.1) is 0 Å². The number of amides is 2. The minimum Gasteiger partial charge on any atom is -0.352 e. The van der Waals surface area contributed by atoms with E-state index in [1.54, 1.807) is 37.3 Å². The monoisotopic (exact) mass is 699 g/mol. The lowest BCUT2D eigenvalue weighted by Gasteiger charge is -2.32.